The zero-order chi connectivity index (χ0) is 12.2. The highest BCUT2D eigenvalue weighted by atomic mass is 32.2. The summed E-state index contributed by atoms with van der Waals surface area (Å²) in [6, 6.07) is 0.164. The van der Waals surface area contributed by atoms with Gasteiger partial charge in [-0.15, -0.1) is 0 Å². The van der Waals surface area contributed by atoms with Crippen molar-refractivity contribution in [1.29, 1.82) is 0 Å². The fraction of sp³-hybridized carbons (Fsp3) is 1.00. The van der Waals surface area contributed by atoms with Crippen LogP contribution < -0.4 is 10.5 Å². The summed E-state index contributed by atoms with van der Waals surface area (Å²) in [7, 11) is -3.30. The van der Waals surface area contributed by atoms with E-state index in [-0.39, 0.29) is 6.04 Å². The lowest BCUT2D eigenvalue weighted by molar-refractivity contribution is 0.358. The normalized spacial score (nSPS) is 17.3. The summed E-state index contributed by atoms with van der Waals surface area (Å²) >= 11 is 0. The van der Waals surface area contributed by atoms with Crippen molar-refractivity contribution < 1.29 is 8.42 Å². The Morgan fingerprint density at radius 3 is 2.50 bits per heavy atom. The summed E-state index contributed by atoms with van der Waals surface area (Å²) in [5, 5.41) is 0. The molecule has 0 atom stereocenters. The van der Waals surface area contributed by atoms with Crippen molar-refractivity contribution in [2.75, 3.05) is 19.6 Å². The summed E-state index contributed by atoms with van der Waals surface area (Å²) in [6.45, 7) is 5.62. The summed E-state index contributed by atoms with van der Waals surface area (Å²) in [5.41, 5.74) is 5.42. The van der Waals surface area contributed by atoms with Gasteiger partial charge in [0, 0.05) is 19.1 Å². The van der Waals surface area contributed by atoms with Crippen LogP contribution in [-0.4, -0.2) is 38.4 Å². The molecule has 0 aromatic rings. The second-order valence-corrected chi connectivity index (χ2v) is 6.49. The molecular formula is C10H23N3O2S. The third kappa shape index (κ3) is 4.78. The molecule has 0 radical (unpaired) electrons. The van der Waals surface area contributed by atoms with Crippen LogP contribution in [0.25, 0.3) is 0 Å². The zero-order valence-electron chi connectivity index (χ0n) is 10.1. The molecule has 0 aliphatic heterocycles. The van der Waals surface area contributed by atoms with E-state index in [4.69, 9.17) is 5.73 Å². The zero-order valence-corrected chi connectivity index (χ0v) is 11.0. The van der Waals surface area contributed by atoms with Gasteiger partial charge in [0.05, 0.1) is 0 Å². The van der Waals surface area contributed by atoms with Crippen LogP contribution in [0.15, 0.2) is 0 Å². The van der Waals surface area contributed by atoms with E-state index >= 15 is 0 Å². The van der Waals surface area contributed by atoms with Crippen LogP contribution in [0.5, 0.6) is 0 Å². The highest BCUT2D eigenvalue weighted by Crippen LogP contribution is 2.21. The molecule has 0 saturated heterocycles. The minimum absolute atomic E-state index is 0.164. The third-order valence-electron chi connectivity index (χ3n) is 2.41. The molecule has 0 spiro atoms. The van der Waals surface area contributed by atoms with Crippen LogP contribution in [0.1, 0.15) is 33.1 Å². The van der Waals surface area contributed by atoms with Crippen LogP contribution in [0, 0.1) is 5.92 Å². The molecule has 1 saturated carbocycles. The predicted octanol–water partition coefficient (Wildman–Crippen LogP) is 0.290. The summed E-state index contributed by atoms with van der Waals surface area (Å²) in [6.07, 6.45) is 2.63. The van der Waals surface area contributed by atoms with Gasteiger partial charge in [-0.05, 0) is 31.7 Å². The molecule has 0 aromatic carbocycles. The summed E-state index contributed by atoms with van der Waals surface area (Å²) < 4.78 is 28.2. The molecule has 1 aliphatic carbocycles. The van der Waals surface area contributed by atoms with Crippen molar-refractivity contribution in [3.63, 3.8) is 0 Å². The van der Waals surface area contributed by atoms with E-state index in [1.54, 1.807) is 0 Å². The average molecular weight is 249 g/mol. The van der Waals surface area contributed by atoms with Crippen LogP contribution in [-0.2, 0) is 10.2 Å². The van der Waals surface area contributed by atoms with Crippen molar-refractivity contribution in [3.05, 3.63) is 0 Å². The van der Waals surface area contributed by atoms with E-state index in [2.05, 4.69) is 4.72 Å². The summed E-state index contributed by atoms with van der Waals surface area (Å²) in [4.78, 5) is 0. The molecule has 1 rings (SSSR count). The average Bonchev–Trinajstić information content (AvgIpc) is 2.94. The van der Waals surface area contributed by atoms with Gasteiger partial charge in [0.15, 0.2) is 0 Å². The number of rotatable bonds is 8. The molecule has 0 aromatic heterocycles. The van der Waals surface area contributed by atoms with E-state index in [1.165, 1.54) is 4.31 Å². The fourth-order valence-corrected chi connectivity index (χ4v) is 3.14. The first-order chi connectivity index (χ1) is 7.45. The Bertz CT molecular complexity index is 299. The number of nitrogens with two attached hydrogens (primary N) is 1. The molecule has 1 fully saturated rings. The van der Waals surface area contributed by atoms with Crippen molar-refractivity contribution in [2.24, 2.45) is 11.7 Å². The Hall–Kier alpha value is -0.170. The third-order valence-corrected chi connectivity index (χ3v) is 4.06. The van der Waals surface area contributed by atoms with Crippen LogP contribution in [0.4, 0.5) is 0 Å². The minimum atomic E-state index is -3.30. The van der Waals surface area contributed by atoms with Gasteiger partial charge >= 0.3 is 0 Å². The first kappa shape index (κ1) is 13.9. The first-order valence-corrected chi connectivity index (χ1v) is 7.37. The molecule has 6 heteroatoms. The lowest BCUT2D eigenvalue weighted by Gasteiger charge is -2.23. The Morgan fingerprint density at radius 2 is 2.06 bits per heavy atom. The van der Waals surface area contributed by atoms with Crippen molar-refractivity contribution >= 4 is 10.2 Å². The number of hydrogen-bond donors (Lipinski definition) is 2. The smallest absolute Gasteiger partial charge is 0.279 e. The molecule has 3 N–H and O–H groups in total. The van der Waals surface area contributed by atoms with Gasteiger partial charge in [0.25, 0.3) is 10.2 Å². The first-order valence-electron chi connectivity index (χ1n) is 5.93. The Labute approximate surface area is 98.6 Å². The maximum Gasteiger partial charge on any atom is 0.279 e. The maximum absolute atomic E-state index is 12.0. The van der Waals surface area contributed by atoms with E-state index in [9.17, 15) is 8.42 Å². The highest BCUT2D eigenvalue weighted by molar-refractivity contribution is 7.87. The van der Waals surface area contributed by atoms with Gasteiger partial charge in [-0.1, -0.05) is 13.8 Å². The molecule has 0 unspecified atom stereocenters. The van der Waals surface area contributed by atoms with Gasteiger partial charge in [0.1, 0.15) is 0 Å². The van der Waals surface area contributed by atoms with Gasteiger partial charge in [-0.2, -0.15) is 17.4 Å². The van der Waals surface area contributed by atoms with Gasteiger partial charge < -0.3 is 5.73 Å². The van der Waals surface area contributed by atoms with E-state index in [0.717, 1.165) is 12.8 Å². The minimum Gasteiger partial charge on any atom is -0.330 e. The van der Waals surface area contributed by atoms with E-state index in [0.29, 0.717) is 32.0 Å². The SMILES string of the molecule is CC(C)CN(CCCN)S(=O)(=O)NC1CC1. The van der Waals surface area contributed by atoms with Crippen LogP contribution >= 0.6 is 0 Å². The topological polar surface area (TPSA) is 75.4 Å². The van der Waals surface area contributed by atoms with Crippen LogP contribution in [0.2, 0.25) is 0 Å². The van der Waals surface area contributed by atoms with Gasteiger partial charge in [-0.3, -0.25) is 0 Å². The summed E-state index contributed by atoms with van der Waals surface area (Å²) in [5.74, 6) is 0.327. The standard InChI is InChI=1S/C10H23N3O2S/c1-9(2)8-13(7-3-6-11)16(14,15)12-10-4-5-10/h9-10,12H,3-8,11H2,1-2H3. The van der Waals surface area contributed by atoms with E-state index < -0.39 is 10.2 Å². The van der Waals surface area contributed by atoms with Crippen molar-refractivity contribution in [3.8, 4) is 0 Å². The lowest BCUT2D eigenvalue weighted by Crippen LogP contribution is -2.44. The molecule has 0 bridgehead atoms. The maximum atomic E-state index is 12.0. The quantitative estimate of drug-likeness (QED) is 0.649. The monoisotopic (exact) mass is 249 g/mol. The Morgan fingerprint density at radius 1 is 1.44 bits per heavy atom. The number of hydrogen-bond acceptors (Lipinski definition) is 3. The molecule has 5 nitrogen and oxygen atoms in total. The fourth-order valence-electron chi connectivity index (χ4n) is 1.47. The second-order valence-electron chi connectivity index (χ2n) is 4.79. The molecule has 16 heavy (non-hydrogen) atoms. The Kier molecular flexibility index (Phi) is 5.17. The Balaban J connectivity index is 2.56. The van der Waals surface area contributed by atoms with Gasteiger partial charge in [-0.25, -0.2) is 0 Å². The molecular weight excluding hydrogens is 226 g/mol. The lowest BCUT2D eigenvalue weighted by atomic mass is 10.2. The highest BCUT2D eigenvalue weighted by Gasteiger charge is 2.30. The van der Waals surface area contributed by atoms with Crippen molar-refractivity contribution in [1.82, 2.24) is 9.03 Å². The predicted molar refractivity (Wildman–Crippen MR) is 65.2 cm³/mol. The molecule has 96 valence electrons. The molecule has 0 heterocycles. The number of nitrogens with one attached hydrogen (secondary N) is 1. The van der Waals surface area contributed by atoms with Gasteiger partial charge in [0.2, 0.25) is 0 Å². The number of nitrogens with zero attached hydrogens (tertiary/aromatic N) is 1. The van der Waals surface area contributed by atoms with Crippen LogP contribution in [0.3, 0.4) is 0 Å². The second kappa shape index (κ2) is 5.95. The van der Waals surface area contributed by atoms with E-state index in [1.807, 2.05) is 13.8 Å². The van der Waals surface area contributed by atoms with Crippen molar-refractivity contribution in [2.45, 2.75) is 39.2 Å². The largest absolute Gasteiger partial charge is 0.330 e. The molecule has 1 aliphatic rings. The molecule has 0 amide bonds.